The maximum absolute atomic E-state index is 15.5. The van der Waals surface area contributed by atoms with Crippen LogP contribution in [0.15, 0.2) is 85.0 Å². The van der Waals surface area contributed by atoms with E-state index in [0.717, 1.165) is 36.8 Å². The van der Waals surface area contributed by atoms with Crippen molar-refractivity contribution in [2.45, 2.75) is 90.3 Å². The highest BCUT2D eigenvalue weighted by Gasteiger charge is 2.31. The summed E-state index contributed by atoms with van der Waals surface area (Å²) in [6.07, 6.45) is 17.7. The SMILES string of the molecule is CCCCCCCOC1(OCCCCCCC)C=CC(c2ccc(-c3ccc(-c4ccccc4)cc3)c(F)c2F)=CC1. The van der Waals surface area contributed by atoms with Gasteiger partial charge < -0.3 is 9.47 Å². The van der Waals surface area contributed by atoms with E-state index >= 15 is 8.78 Å². The van der Waals surface area contributed by atoms with Crippen molar-refractivity contribution in [3.63, 3.8) is 0 Å². The van der Waals surface area contributed by atoms with Gasteiger partial charge in [0.15, 0.2) is 17.4 Å². The molecule has 0 saturated carbocycles. The molecule has 3 aromatic rings. The van der Waals surface area contributed by atoms with Crippen LogP contribution in [0.4, 0.5) is 8.78 Å². The molecule has 1 aliphatic carbocycles. The second kappa shape index (κ2) is 16.5. The summed E-state index contributed by atoms with van der Waals surface area (Å²) in [4.78, 5) is 0. The zero-order chi connectivity index (χ0) is 29.6. The Labute approximate surface area is 251 Å². The zero-order valence-electron chi connectivity index (χ0n) is 25.3. The highest BCUT2D eigenvalue weighted by atomic mass is 19.2. The highest BCUT2D eigenvalue weighted by Crippen LogP contribution is 2.35. The average Bonchev–Trinajstić information content (AvgIpc) is 3.03. The van der Waals surface area contributed by atoms with Crippen molar-refractivity contribution in [1.29, 1.82) is 0 Å². The molecule has 0 aromatic heterocycles. The molecule has 0 spiro atoms. The van der Waals surface area contributed by atoms with E-state index in [0.29, 0.717) is 30.8 Å². The van der Waals surface area contributed by atoms with Crippen LogP contribution in [0.25, 0.3) is 27.8 Å². The monoisotopic (exact) mass is 572 g/mol. The summed E-state index contributed by atoms with van der Waals surface area (Å²) in [5, 5.41) is 0. The van der Waals surface area contributed by atoms with Crippen LogP contribution in [0.3, 0.4) is 0 Å². The summed E-state index contributed by atoms with van der Waals surface area (Å²) in [5.74, 6) is -2.52. The lowest BCUT2D eigenvalue weighted by Gasteiger charge is -2.33. The molecule has 2 nitrogen and oxygen atoms in total. The van der Waals surface area contributed by atoms with Gasteiger partial charge in [-0.25, -0.2) is 8.78 Å². The summed E-state index contributed by atoms with van der Waals surface area (Å²) in [5.41, 5.74) is 3.91. The molecule has 0 N–H and O–H groups in total. The van der Waals surface area contributed by atoms with Crippen molar-refractivity contribution in [2.75, 3.05) is 13.2 Å². The Morgan fingerprint density at radius 1 is 0.595 bits per heavy atom. The molecular weight excluding hydrogens is 526 g/mol. The van der Waals surface area contributed by atoms with Crippen LogP contribution in [0.2, 0.25) is 0 Å². The fraction of sp³-hybridized carbons (Fsp3) is 0.421. The molecule has 0 bridgehead atoms. The Bertz CT molecular complexity index is 1280. The number of hydrogen-bond acceptors (Lipinski definition) is 2. The first-order valence-corrected chi connectivity index (χ1v) is 15.9. The molecule has 1 aliphatic rings. The number of benzene rings is 3. The minimum Gasteiger partial charge on any atom is -0.346 e. The van der Waals surface area contributed by atoms with Crippen molar-refractivity contribution in [3.8, 4) is 22.3 Å². The molecule has 4 rings (SSSR count). The molecule has 0 saturated heterocycles. The molecule has 224 valence electrons. The lowest BCUT2D eigenvalue weighted by atomic mass is 9.93. The van der Waals surface area contributed by atoms with E-state index in [4.69, 9.17) is 9.47 Å². The maximum atomic E-state index is 15.5. The summed E-state index contributed by atoms with van der Waals surface area (Å²) in [7, 11) is 0. The molecule has 0 heterocycles. The third kappa shape index (κ3) is 8.72. The van der Waals surface area contributed by atoms with Crippen molar-refractivity contribution in [1.82, 2.24) is 0 Å². The van der Waals surface area contributed by atoms with E-state index in [-0.39, 0.29) is 11.1 Å². The number of allylic oxidation sites excluding steroid dienone is 2. The van der Waals surface area contributed by atoms with Crippen molar-refractivity contribution in [2.24, 2.45) is 0 Å². The first kappa shape index (κ1) is 31.8. The van der Waals surface area contributed by atoms with E-state index in [1.54, 1.807) is 12.1 Å². The molecule has 3 aromatic carbocycles. The number of rotatable bonds is 17. The lowest BCUT2D eigenvalue weighted by molar-refractivity contribution is -0.203. The average molecular weight is 573 g/mol. The number of unbranched alkanes of at least 4 members (excludes halogenated alkanes) is 8. The molecular formula is C38H46F2O2. The summed E-state index contributed by atoms with van der Waals surface area (Å²) >= 11 is 0. The van der Waals surface area contributed by atoms with E-state index in [1.807, 2.05) is 72.8 Å². The third-order valence-corrected chi connectivity index (χ3v) is 8.01. The van der Waals surface area contributed by atoms with Gasteiger partial charge in [-0.15, -0.1) is 0 Å². The van der Waals surface area contributed by atoms with Crippen LogP contribution in [-0.4, -0.2) is 19.0 Å². The summed E-state index contributed by atoms with van der Waals surface area (Å²) in [6.45, 7) is 5.66. The summed E-state index contributed by atoms with van der Waals surface area (Å²) < 4.78 is 43.5. The minimum atomic E-state index is -0.853. The molecule has 0 aliphatic heterocycles. The smallest absolute Gasteiger partial charge is 0.191 e. The van der Waals surface area contributed by atoms with Gasteiger partial charge in [-0.1, -0.05) is 144 Å². The molecule has 0 fully saturated rings. The lowest BCUT2D eigenvalue weighted by Crippen LogP contribution is -2.35. The van der Waals surface area contributed by atoms with Crippen LogP contribution >= 0.6 is 0 Å². The van der Waals surface area contributed by atoms with E-state index in [9.17, 15) is 0 Å². The fourth-order valence-electron chi connectivity index (χ4n) is 5.43. The summed E-state index contributed by atoms with van der Waals surface area (Å²) in [6, 6.07) is 20.9. The van der Waals surface area contributed by atoms with E-state index in [1.165, 1.54) is 38.5 Å². The molecule has 0 amide bonds. The topological polar surface area (TPSA) is 18.5 Å². The van der Waals surface area contributed by atoms with Gasteiger partial charge in [-0.2, -0.15) is 0 Å². The van der Waals surface area contributed by atoms with Gasteiger partial charge in [0.2, 0.25) is 0 Å². The van der Waals surface area contributed by atoms with Crippen molar-refractivity contribution in [3.05, 3.63) is 102 Å². The standard InChI is InChI=1S/C38H46F2O2/c1-3-5-7-9-14-28-41-38(42-29-15-10-8-6-4-2)26-24-33(25-27-38)35-23-22-34(36(39)37(35)40)32-20-18-31(19-21-32)30-16-12-11-13-17-30/h11-13,16-26H,3-10,14-15,27-29H2,1-2H3. The normalized spacial score (nSPS) is 14.2. The van der Waals surface area contributed by atoms with Gasteiger partial charge in [0.25, 0.3) is 0 Å². The van der Waals surface area contributed by atoms with Crippen LogP contribution in [0.5, 0.6) is 0 Å². The Hall–Kier alpha value is -3.08. The molecule has 0 unspecified atom stereocenters. The quantitative estimate of drug-likeness (QED) is 0.118. The zero-order valence-corrected chi connectivity index (χ0v) is 25.3. The molecule has 0 atom stereocenters. The van der Waals surface area contributed by atoms with Crippen LogP contribution in [-0.2, 0) is 9.47 Å². The van der Waals surface area contributed by atoms with Crippen molar-refractivity contribution >= 4 is 5.57 Å². The third-order valence-electron chi connectivity index (χ3n) is 8.01. The second-order valence-corrected chi connectivity index (χ2v) is 11.3. The first-order valence-electron chi connectivity index (χ1n) is 15.9. The van der Waals surface area contributed by atoms with Gasteiger partial charge in [0.05, 0.1) is 13.2 Å². The predicted molar refractivity (Wildman–Crippen MR) is 171 cm³/mol. The van der Waals surface area contributed by atoms with Gasteiger partial charge in [-0.05, 0) is 41.2 Å². The Balaban J connectivity index is 1.44. The van der Waals surface area contributed by atoms with Gasteiger partial charge in [0, 0.05) is 17.5 Å². The first-order chi connectivity index (χ1) is 20.6. The molecule has 42 heavy (non-hydrogen) atoms. The van der Waals surface area contributed by atoms with Gasteiger partial charge in [-0.3, -0.25) is 0 Å². The maximum Gasteiger partial charge on any atom is 0.191 e. The Kier molecular flexibility index (Phi) is 12.5. The second-order valence-electron chi connectivity index (χ2n) is 11.3. The molecule has 4 heteroatoms. The Morgan fingerprint density at radius 2 is 1.12 bits per heavy atom. The van der Waals surface area contributed by atoms with Crippen molar-refractivity contribution < 1.29 is 18.3 Å². The number of hydrogen-bond donors (Lipinski definition) is 0. The van der Waals surface area contributed by atoms with E-state index in [2.05, 4.69) is 13.8 Å². The largest absolute Gasteiger partial charge is 0.346 e. The number of halogens is 2. The minimum absolute atomic E-state index is 0.251. The Morgan fingerprint density at radius 3 is 1.69 bits per heavy atom. The fourth-order valence-corrected chi connectivity index (χ4v) is 5.43. The molecule has 0 radical (unpaired) electrons. The number of ether oxygens (including phenoxy) is 2. The van der Waals surface area contributed by atoms with Crippen LogP contribution < -0.4 is 0 Å². The van der Waals surface area contributed by atoms with Gasteiger partial charge in [0.1, 0.15) is 0 Å². The van der Waals surface area contributed by atoms with E-state index < -0.39 is 17.4 Å². The predicted octanol–water partition coefficient (Wildman–Crippen LogP) is 11.3. The highest BCUT2D eigenvalue weighted by molar-refractivity contribution is 5.78. The van der Waals surface area contributed by atoms with Gasteiger partial charge >= 0.3 is 0 Å². The van der Waals surface area contributed by atoms with Crippen LogP contribution in [0.1, 0.15) is 90.0 Å². The van der Waals surface area contributed by atoms with Crippen LogP contribution in [0, 0.1) is 11.6 Å².